The fourth-order valence-electron chi connectivity index (χ4n) is 3.42. The minimum absolute atomic E-state index is 0.137. The van der Waals surface area contributed by atoms with Crippen molar-refractivity contribution in [3.05, 3.63) is 39.5 Å². The van der Waals surface area contributed by atoms with Crippen LogP contribution in [0.25, 0.3) is 11.4 Å². The van der Waals surface area contributed by atoms with Gasteiger partial charge in [0.15, 0.2) is 11.0 Å². The van der Waals surface area contributed by atoms with Gasteiger partial charge in [-0.15, -0.1) is 21.5 Å². The number of hydrogen-bond donors (Lipinski definition) is 1. The number of rotatable bonds is 8. The average Bonchev–Trinajstić information content (AvgIpc) is 3.49. The fourth-order valence-corrected chi connectivity index (χ4v) is 5.02. The van der Waals surface area contributed by atoms with Crippen molar-refractivity contribution >= 4 is 46.3 Å². The molecule has 0 aliphatic carbocycles. The zero-order valence-corrected chi connectivity index (χ0v) is 19.6. The molecule has 3 aromatic rings. The highest BCUT2D eigenvalue weighted by molar-refractivity contribution is 7.99. The lowest BCUT2D eigenvalue weighted by atomic mass is 10.2. The van der Waals surface area contributed by atoms with E-state index in [1.165, 1.54) is 16.6 Å². The van der Waals surface area contributed by atoms with Crippen molar-refractivity contribution in [3.8, 4) is 17.1 Å². The topological polar surface area (TPSA) is 78.3 Å². The Morgan fingerprint density at radius 1 is 1.42 bits per heavy atom. The van der Waals surface area contributed by atoms with Gasteiger partial charge in [-0.2, -0.15) is 0 Å². The average molecular weight is 479 g/mol. The summed E-state index contributed by atoms with van der Waals surface area (Å²) in [4.78, 5) is 13.8. The molecule has 1 fully saturated rings. The zero-order valence-electron chi connectivity index (χ0n) is 17.3. The van der Waals surface area contributed by atoms with Gasteiger partial charge in [-0.05, 0) is 44.0 Å². The first-order valence-electron chi connectivity index (χ1n) is 9.90. The number of nitrogens with one attached hydrogen (secondary N) is 1. The maximum absolute atomic E-state index is 12.6. The van der Waals surface area contributed by atoms with Gasteiger partial charge < -0.3 is 14.8 Å². The molecule has 164 valence electrons. The van der Waals surface area contributed by atoms with Crippen molar-refractivity contribution in [2.75, 3.05) is 24.8 Å². The van der Waals surface area contributed by atoms with E-state index in [9.17, 15) is 4.79 Å². The molecule has 1 N–H and O–H groups in total. The summed E-state index contributed by atoms with van der Waals surface area (Å²) in [7, 11) is 1.55. The zero-order chi connectivity index (χ0) is 21.8. The van der Waals surface area contributed by atoms with Crippen LogP contribution < -0.4 is 10.1 Å². The van der Waals surface area contributed by atoms with Crippen LogP contribution in [0.15, 0.2) is 34.8 Å². The van der Waals surface area contributed by atoms with Crippen molar-refractivity contribution in [3.63, 3.8) is 0 Å². The fraction of sp³-hybridized carbons (Fsp3) is 0.381. The second-order valence-electron chi connectivity index (χ2n) is 7.18. The van der Waals surface area contributed by atoms with Crippen LogP contribution >= 0.6 is 34.7 Å². The lowest BCUT2D eigenvalue weighted by molar-refractivity contribution is -0.113. The summed E-state index contributed by atoms with van der Waals surface area (Å²) in [5, 5.41) is 14.9. The molecule has 0 spiro atoms. The van der Waals surface area contributed by atoms with Crippen molar-refractivity contribution < 1.29 is 14.3 Å². The Balaban J connectivity index is 1.49. The van der Waals surface area contributed by atoms with Gasteiger partial charge >= 0.3 is 0 Å². The van der Waals surface area contributed by atoms with Gasteiger partial charge in [-0.25, -0.2) is 0 Å². The van der Waals surface area contributed by atoms with E-state index in [0.29, 0.717) is 28.2 Å². The molecule has 4 rings (SSSR count). The first kappa shape index (κ1) is 22.1. The SMILES string of the molecule is COc1ccc(Cl)cc1NC(=O)CSc1nnc(-c2csc(C)c2)n1CC1CCCO1. The molecule has 1 aromatic carbocycles. The highest BCUT2D eigenvalue weighted by Gasteiger charge is 2.23. The molecule has 3 heterocycles. The van der Waals surface area contributed by atoms with E-state index in [4.69, 9.17) is 21.1 Å². The molecule has 1 unspecified atom stereocenters. The number of anilines is 1. The van der Waals surface area contributed by atoms with Crippen LogP contribution in [0.3, 0.4) is 0 Å². The Hall–Kier alpha value is -2.07. The summed E-state index contributed by atoms with van der Waals surface area (Å²) in [5.74, 6) is 1.37. The third kappa shape index (κ3) is 5.41. The molecular formula is C21H23ClN4O3S2. The summed E-state index contributed by atoms with van der Waals surface area (Å²) in [6, 6.07) is 7.21. The molecule has 31 heavy (non-hydrogen) atoms. The molecule has 1 aliphatic heterocycles. The third-order valence-electron chi connectivity index (χ3n) is 4.88. The lowest BCUT2D eigenvalue weighted by Crippen LogP contribution is -2.18. The highest BCUT2D eigenvalue weighted by atomic mass is 35.5. The molecule has 10 heteroatoms. The predicted molar refractivity (Wildman–Crippen MR) is 124 cm³/mol. The van der Waals surface area contributed by atoms with Gasteiger partial charge in [0.2, 0.25) is 5.91 Å². The summed E-state index contributed by atoms with van der Waals surface area (Å²) in [6.07, 6.45) is 2.21. The van der Waals surface area contributed by atoms with Crippen LogP contribution in [0.1, 0.15) is 17.7 Å². The van der Waals surface area contributed by atoms with Gasteiger partial charge in [0.05, 0.1) is 31.2 Å². The number of carbonyl (C=O) groups excluding carboxylic acids is 1. The van der Waals surface area contributed by atoms with E-state index in [1.807, 2.05) is 0 Å². The summed E-state index contributed by atoms with van der Waals surface area (Å²) in [6.45, 7) is 3.52. The van der Waals surface area contributed by atoms with Gasteiger partial charge in [-0.1, -0.05) is 23.4 Å². The van der Waals surface area contributed by atoms with E-state index < -0.39 is 0 Å². The third-order valence-corrected chi connectivity index (χ3v) is 6.95. The molecule has 1 amide bonds. The number of halogens is 1. The number of benzene rings is 1. The molecule has 1 saturated heterocycles. The molecule has 7 nitrogen and oxygen atoms in total. The molecular weight excluding hydrogens is 456 g/mol. The van der Waals surface area contributed by atoms with Crippen molar-refractivity contribution in [1.29, 1.82) is 0 Å². The number of thiophene rings is 1. The van der Waals surface area contributed by atoms with E-state index in [2.05, 4.69) is 38.5 Å². The van der Waals surface area contributed by atoms with Crippen LogP contribution in [0.4, 0.5) is 5.69 Å². The minimum atomic E-state index is -0.176. The van der Waals surface area contributed by atoms with Crippen molar-refractivity contribution in [2.24, 2.45) is 0 Å². The predicted octanol–water partition coefficient (Wildman–Crippen LogP) is 4.89. The number of methoxy groups -OCH3 is 1. The number of nitrogens with zero attached hydrogens (tertiary/aromatic N) is 3. The summed E-state index contributed by atoms with van der Waals surface area (Å²) in [5.41, 5.74) is 1.57. The highest BCUT2D eigenvalue weighted by Crippen LogP contribution is 2.30. The van der Waals surface area contributed by atoms with E-state index in [-0.39, 0.29) is 17.8 Å². The number of aromatic nitrogens is 3. The van der Waals surface area contributed by atoms with E-state index in [1.54, 1.807) is 36.6 Å². The van der Waals surface area contributed by atoms with Crippen LogP contribution in [0, 0.1) is 6.92 Å². The summed E-state index contributed by atoms with van der Waals surface area (Å²) >= 11 is 9.08. The van der Waals surface area contributed by atoms with Crippen LogP contribution in [-0.4, -0.2) is 46.2 Å². The Labute approximate surface area is 194 Å². The number of thioether (sulfide) groups is 1. The number of hydrogen-bond acceptors (Lipinski definition) is 7. The van der Waals surface area contributed by atoms with Crippen molar-refractivity contribution in [1.82, 2.24) is 14.8 Å². The Morgan fingerprint density at radius 3 is 3.00 bits per heavy atom. The number of aryl methyl sites for hydroxylation is 1. The Bertz CT molecular complexity index is 1060. The number of amides is 1. The van der Waals surface area contributed by atoms with Crippen molar-refractivity contribution in [2.45, 2.75) is 37.6 Å². The minimum Gasteiger partial charge on any atom is -0.495 e. The monoisotopic (exact) mass is 478 g/mol. The first-order valence-corrected chi connectivity index (χ1v) is 12.1. The number of carbonyl (C=O) groups is 1. The molecule has 0 bridgehead atoms. The standard InChI is InChI=1S/C21H23ClN4O3S2/c1-13-8-14(11-30-13)20-24-25-21(26(20)10-16-4-3-7-29-16)31-12-19(27)23-17-9-15(22)5-6-18(17)28-2/h5-6,8-9,11,16H,3-4,7,10,12H2,1-2H3,(H,23,27). The second kappa shape index (κ2) is 10.0. The van der Waals surface area contributed by atoms with Gasteiger partial charge in [0.1, 0.15) is 5.75 Å². The van der Waals surface area contributed by atoms with E-state index in [0.717, 1.165) is 30.8 Å². The van der Waals surface area contributed by atoms with Crippen LogP contribution in [-0.2, 0) is 16.1 Å². The maximum atomic E-state index is 12.6. The lowest BCUT2D eigenvalue weighted by Gasteiger charge is -2.14. The van der Waals surface area contributed by atoms with Crippen LogP contribution in [0.2, 0.25) is 5.02 Å². The smallest absolute Gasteiger partial charge is 0.234 e. The molecule has 2 aromatic heterocycles. The van der Waals surface area contributed by atoms with Gasteiger partial charge in [0, 0.05) is 27.5 Å². The molecule has 0 saturated carbocycles. The summed E-state index contributed by atoms with van der Waals surface area (Å²) < 4.78 is 13.2. The van der Waals surface area contributed by atoms with Gasteiger partial charge in [0.25, 0.3) is 0 Å². The molecule has 1 atom stereocenters. The van der Waals surface area contributed by atoms with Gasteiger partial charge in [-0.3, -0.25) is 9.36 Å². The van der Waals surface area contributed by atoms with Crippen LogP contribution in [0.5, 0.6) is 5.75 Å². The maximum Gasteiger partial charge on any atom is 0.234 e. The Morgan fingerprint density at radius 2 is 2.29 bits per heavy atom. The second-order valence-corrected chi connectivity index (χ2v) is 9.67. The largest absolute Gasteiger partial charge is 0.495 e. The number of ether oxygens (including phenoxy) is 2. The quantitative estimate of drug-likeness (QED) is 0.464. The molecule has 1 aliphatic rings. The van der Waals surface area contributed by atoms with E-state index >= 15 is 0 Å². The molecule has 0 radical (unpaired) electrons. The Kier molecular flexibility index (Phi) is 7.16. The normalized spacial score (nSPS) is 15.9. The first-order chi connectivity index (χ1) is 15.0.